The van der Waals surface area contributed by atoms with E-state index in [0.29, 0.717) is 18.5 Å². The Hall–Kier alpha value is -0.570. The fourth-order valence-corrected chi connectivity index (χ4v) is 2.45. The zero-order chi connectivity index (χ0) is 12.2. The molecule has 1 aliphatic rings. The van der Waals surface area contributed by atoms with Crippen LogP contribution in [-0.2, 0) is 4.79 Å². The van der Waals surface area contributed by atoms with Gasteiger partial charge in [-0.2, -0.15) is 0 Å². The van der Waals surface area contributed by atoms with Crippen LogP contribution in [0.1, 0.15) is 46.5 Å². The number of hydrogen-bond donors (Lipinski definition) is 1. The Kier molecular flexibility index (Phi) is 4.78. The van der Waals surface area contributed by atoms with Crippen LogP contribution >= 0.6 is 0 Å². The minimum absolute atomic E-state index is 0.0673. The number of hydrogen-bond acceptors (Lipinski definition) is 2. The lowest BCUT2D eigenvalue weighted by Gasteiger charge is -2.35. The monoisotopic (exact) mass is 227 g/mol. The second kappa shape index (κ2) is 5.67. The zero-order valence-corrected chi connectivity index (χ0v) is 10.8. The van der Waals surface area contributed by atoms with Gasteiger partial charge in [-0.25, -0.2) is 0 Å². The molecule has 0 unspecified atom stereocenters. The van der Waals surface area contributed by atoms with Crippen LogP contribution in [0.3, 0.4) is 0 Å². The van der Waals surface area contributed by atoms with E-state index in [4.69, 9.17) is 5.11 Å². The van der Waals surface area contributed by atoms with Gasteiger partial charge in [0, 0.05) is 19.0 Å². The maximum atomic E-state index is 12.1. The first-order valence-corrected chi connectivity index (χ1v) is 6.40. The largest absolute Gasteiger partial charge is 0.395 e. The molecule has 0 atom stereocenters. The van der Waals surface area contributed by atoms with Gasteiger partial charge in [-0.1, -0.05) is 13.8 Å². The first-order chi connectivity index (χ1) is 7.50. The van der Waals surface area contributed by atoms with Gasteiger partial charge in [0.1, 0.15) is 0 Å². The van der Waals surface area contributed by atoms with Crippen molar-refractivity contribution in [2.75, 3.05) is 19.7 Å². The molecule has 1 saturated carbocycles. The summed E-state index contributed by atoms with van der Waals surface area (Å²) in [5, 5.41) is 8.90. The lowest BCUT2D eigenvalue weighted by Crippen LogP contribution is -2.40. The molecule has 0 spiro atoms. The number of amides is 1. The van der Waals surface area contributed by atoms with Crippen molar-refractivity contribution in [2.24, 2.45) is 11.3 Å². The highest BCUT2D eigenvalue weighted by Gasteiger charge is 2.32. The van der Waals surface area contributed by atoms with E-state index in [9.17, 15) is 4.79 Å². The Morgan fingerprint density at radius 3 is 2.38 bits per heavy atom. The van der Waals surface area contributed by atoms with Gasteiger partial charge in [-0.05, 0) is 38.0 Å². The topological polar surface area (TPSA) is 40.5 Å². The van der Waals surface area contributed by atoms with Crippen molar-refractivity contribution >= 4 is 5.91 Å². The number of nitrogens with zero attached hydrogens (tertiary/aromatic N) is 1. The van der Waals surface area contributed by atoms with E-state index < -0.39 is 0 Å². The van der Waals surface area contributed by atoms with Crippen molar-refractivity contribution in [3.05, 3.63) is 0 Å². The molecule has 16 heavy (non-hydrogen) atoms. The predicted molar refractivity (Wildman–Crippen MR) is 65.1 cm³/mol. The van der Waals surface area contributed by atoms with Gasteiger partial charge in [0.15, 0.2) is 0 Å². The number of carbonyl (C=O) groups excluding carboxylic acids is 1. The van der Waals surface area contributed by atoms with E-state index >= 15 is 0 Å². The lowest BCUT2D eigenvalue weighted by atomic mass is 9.73. The lowest BCUT2D eigenvalue weighted by molar-refractivity contribution is -0.137. The molecule has 94 valence electrons. The SMILES string of the molecule is CCN(CCO)C(=O)C1CCC(C)(C)CC1. The van der Waals surface area contributed by atoms with Crippen LogP contribution in [0.2, 0.25) is 0 Å². The maximum absolute atomic E-state index is 12.1. The minimum Gasteiger partial charge on any atom is -0.395 e. The van der Waals surface area contributed by atoms with Gasteiger partial charge in [0.2, 0.25) is 5.91 Å². The number of likely N-dealkylation sites (N-methyl/N-ethyl adjacent to an activating group) is 1. The van der Waals surface area contributed by atoms with E-state index in [1.54, 1.807) is 4.90 Å². The summed E-state index contributed by atoms with van der Waals surface area (Å²) in [5.41, 5.74) is 0.408. The van der Waals surface area contributed by atoms with Crippen molar-refractivity contribution in [1.82, 2.24) is 4.90 Å². The van der Waals surface area contributed by atoms with Crippen LogP contribution in [0.4, 0.5) is 0 Å². The second-order valence-electron chi connectivity index (χ2n) is 5.58. The number of rotatable bonds is 4. The van der Waals surface area contributed by atoms with Crippen molar-refractivity contribution < 1.29 is 9.90 Å². The third-order valence-electron chi connectivity index (χ3n) is 3.75. The molecule has 1 amide bonds. The Bertz CT molecular complexity index is 228. The van der Waals surface area contributed by atoms with E-state index in [2.05, 4.69) is 13.8 Å². The summed E-state index contributed by atoms with van der Waals surface area (Å²) in [7, 11) is 0. The fourth-order valence-electron chi connectivity index (χ4n) is 2.45. The predicted octanol–water partition coefficient (Wildman–Crippen LogP) is 2.04. The normalized spacial score (nSPS) is 20.8. The Balaban J connectivity index is 2.49. The molecule has 1 aliphatic carbocycles. The molecular formula is C13H25NO2. The molecule has 0 radical (unpaired) electrons. The highest BCUT2D eigenvalue weighted by molar-refractivity contribution is 5.78. The minimum atomic E-state index is 0.0673. The fraction of sp³-hybridized carbons (Fsp3) is 0.923. The molecule has 0 aromatic carbocycles. The first-order valence-electron chi connectivity index (χ1n) is 6.40. The van der Waals surface area contributed by atoms with Crippen LogP contribution in [0.15, 0.2) is 0 Å². The van der Waals surface area contributed by atoms with E-state index in [1.165, 1.54) is 0 Å². The average molecular weight is 227 g/mol. The van der Waals surface area contributed by atoms with E-state index in [0.717, 1.165) is 25.7 Å². The zero-order valence-electron chi connectivity index (χ0n) is 10.8. The van der Waals surface area contributed by atoms with Gasteiger partial charge in [0.05, 0.1) is 6.61 Å². The Morgan fingerprint density at radius 1 is 1.38 bits per heavy atom. The van der Waals surface area contributed by atoms with Gasteiger partial charge in [0.25, 0.3) is 0 Å². The first kappa shape index (κ1) is 13.5. The van der Waals surface area contributed by atoms with Gasteiger partial charge in [-0.15, -0.1) is 0 Å². The maximum Gasteiger partial charge on any atom is 0.225 e. The Morgan fingerprint density at radius 2 is 1.94 bits per heavy atom. The van der Waals surface area contributed by atoms with Crippen molar-refractivity contribution in [1.29, 1.82) is 0 Å². The highest BCUT2D eigenvalue weighted by Crippen LogP contribution is 2.38. The van der Waals surface area contributed by atoms with Crippen LogP contribution < -0.4 is 0 Å². The van der Waals surface area contributed by atoms with Crippen molar-refractivity contribution in [2.45, 2.75) is 46.5 Å². The van der Waals surface area contributed by atoms with Gasteiger partial charge in [-0.3, -0.25) is 4.79 Å². The summed E-state index contributed by atoms with van der Waals surface area (Å²) in [4.78, 5) is 13.9. The van der Waals surface area contributed by atoms with Crippen LogP contribution in [0.25, 0.3) is 0 Å². The van der Waals surface area contributed by atoms with E-state index in [-0.39, 0.29) is 18.4 Å². The van der Waals surface area contributed by atoms with Crippen LogP contribution in [0.5, 0.6) is 0 Å². The summed E-state index contributed by atoms with van der Waals surface area (Å²) in [5.74, 6) is 0.437. The molecule has 0 aromatic heterocycles. The molecule has 0 heterocycles. The molecule has 0 saturated heterocycles. The Labute approximate surface area is 98.8 Å². The smallest absolute Gasteiger partial charge is 0.225 e. The molecular weight excluding hydrogens is 202 g/mol. The quantitative estimate of drug-likeness (QED) is 0.798. The third kappa shape index (κ3) is 3.48. The molecule has 1 rings (SSSR count). The van der Waals surface area contributed by atoms with Crippen LogP contribution in [0, 0.1) is 11.3 Å². The van der Waals surface area contributed by atoms with Gasteiger partial charge >= 0.3 is 0 Å². The van der Waals surface area contributed by atoms with Crippen molar-refractivity contribution in [3.63, 3.8) is 0 Å². The second-order valence-corrected chi connectivity index (χ2v) is 5.58. The molecule has 3 nitrogen and oxygen atoms in total. The summed E-state index contributed by atoms with van der Waals surface area (Å²) >= 11 is 0. The number of carbonyl (C=O) groups is 1. The van der Waals surface area contributed by atoms with Crippen molar-refractivity contribution in [3.8, 4) is 0 Å². The molecule has 0 aliphatic heterocycles. The number of aliphatic hydroxyl groups excluding tert-OH is 1. The average Bonchev–Trinajstić information content (AvgIpc) is 2.25. The van der Waals surface area contributed by atoms with Gasteiger partial charge < -0.3 is 10.0 Å². The highest BCUT2D eigenvalue weighted by atomic mass is 16.3. The molecule has 1 fully saturated rings. The standard InChI is InChI=1S/C13H25NO2/c1-4-14(9-10-15)12(16)11-5-7-13(2,3)8-6-11/h11,15H,4-10H2,1-3H3. The summed E-state index contributed by atoms with van der Waals surface area (Å²) in [6.45, 7) is 7.78. The summed E-state index contributed by atoms with van der Waals surface area (Å²) in [6.07, 6.45) is 4.29. The van der Waals surface area contributed by atoms with E-state index in [1.807, 2.05) is 6.92 Å². The van der Waals surface area contributed by atoms with Crippen LogP contribution in [-0.4, -0.2) is 35.6 Å². The summed E-state index contributed by atoms with van der Waals surface area (Å²) in [6, 6.07) is 0. The molecule has 1 N–H and O–H groups in total. The molecule has 0 aromatic rings. The molecule has 3 heteroatoms. The molecule has 0 bridgehead atoms. The summed E-state index contributed by atoms with van der Waals surface area (Å²) < 4.78 is 0. The third-order valence-corrected chi connectivity index (χ3v) is 3.75. The number of aliphatic hydroxyl groups is 1.